The Bertz CT molecular complexity index is 1050. The van der Waals surface area contributed by atoms with Crippen LogP contribution in [0.2, 0.25) is 0 Å². The Labute approximate surface area is 188 Å². The SMILES string of the molecule is COc1cccc(N(C)CCC(=O)N2CCC[C@@H]2c2cccc(Nc3cnccn3)n2)c1. The summed E-state index contributed by atoms with van der Waals surface area (Å²) >= 11 is 0. The number of methoxy groups -OCH3 is 1. The summed E-state index contributed by atoms with van der Waals surface area (Å²) in [6.45, 7) is 1.40. The molecule has 1 saturated heterocycles. The van der Waals surface area contributed by atoms with Gasteiger partial charge in [0.15, 0.2) is 0 Å². The van der Waals surface area contributed by atoms with Crippen molar-refractivity contribution in [3.8, 4) is 5.75 Å². The van der Waals surface area contributed by atoms with E-state index in [9.17, 15) is 4.79 Å². The molecule has 0 radical (unpaired) electrons. The fourth-order valence-electron chi connectivity index (χ4n) is 3.96. The van der Waals surface area contributed by atoms with Gasteiger partial charge in [-0.2, -0.15) is 0 Å². The number of carbonyl (C=O) groups excluding carboxylic acids is 1. The van der Waals surface area contributed by atoms with Gasteiger partial charge in [-0.1, -0.05) is 12.1 Å². The first-order valence-corrected chi connectivity index (χ1v) is 10.8. The highest BCUT2D eigenvalue weighted by atomic mass is 16.5. The van der Waals surface area contributed by atoms with Crippen molar-refractivity contribution >= 4 is 23.2 Å². The third-order valence-corrected chi connectivity index (χ3v) is 5.66. The number of carbonyl (C=O) groups is 1. The predicted octanol–water partition coefficient (Wildman–Crippen LogP) is 3.81. The van der Waals surface area contributed by atoms with Gasteiger partial charge in [0, 0.05) is 50.7 Å². The summed E-state index contributed by atoms with van der Waals surface area (Å²) in [7, 11) is 3.65. The monoisotopic (exact) mass is 432 g/mol. The van der Waals surface area contributed by atoms with E-state index < -0.39 is 0 Å². The fraction of sp³-hybridized carbons (Fsp3) is 0.333. The molecule has 1 aliphatic heterocycles. The number of hydrogen-bond acceptors (Lipinski definition) is 7. The van der Waals surface area contributed by atoms with Crippen molar-refractivity contribution < 1.29 is 9.53 Å². The number of rotatable bonds is 8. The zero-order valence-electron chi connectivity index (χ0n) is 18.4. The summed E-state index contributed by atoms with van der Waals surface area (Å²) < 4.78 is 5.30. The predicted molar refractivity (Wildman–Crippen MR) is 124 cm³/mol. The van der Waals surface area contributed by atoms with E-state index in [0.717, 1.165) is 36.5 Å². The second kappa shape index (κ2) is 10.1. The summed E-state index contributed by atoms with van der Waals surface area (Å²) in [5, 5.41) is 3.17. The lowest BCUT2D eigenvalue weighted by Gasteiger charge is -2.26. The van der Waals surface area contributed by atoms with Gasteiger partial charge >= 0.3 is 0 Å². The molecule has 1 amide bonds. The van der Waals surface area contributed by atoms with E-state index in [1.165, 1.54) is 0 Å². The molecular weight excluding hydrogens is 404 g/mol. The van der Waals surface area contributed by atoms with Gasteiger partial charge < -0.3 is 19.9 Å². The Balaban J connectivity index is 1.39. The van der Waals surface area contributed by atoms with Gasteiger partial charge in [0.05, 0.1) is 25.0 Å². The molecule has 0 aliphatic carbocycles. The molecule has 1 aliphatic rings. The molecule has 1 atom stereocenters. The van der Waals surface area contributed by atoms with Gasteiger partial charge in [-0.3, -0.25) is 9.78 Å². The Morgan fingerprint density at radius 2 is 2.09 bits per heavy atom. The van der Waals surface area contributed by atoms with E-state index in [2.05, 4.69) is 20.2 Å². The van der Waals surface area contributed by atoms with E-state index >= 15 is 0 Å². The van der Waals surface area contributed by atoms with Crippen molar-refractivity contribution in [2.24, 2.45) is 0 Å². The van der Waals surface area contributed by atoms with Crippen LogP contribution in [0.15, 0.2) is 61.1 Å². The van der Waals surface area contributed by atoms with Crippen LogP contribution in [-0.2, 0) is 4.79 Å². The van der Waals surface area contributed by atoms with Crippen molar-refractivity contribution in [2.45, 2.75) is 25.3 Å². The van der Waals surface area contributed by atoms with Crippen molar-refractivity contribution in [1.29, 1.82) is 0 Å². The smallest absolute Gasteiger partial charge is 0.224 e. The maximum Gasteiger partial charge on any atom is 0.224 e. The zero-order valence-corrected chi connectivity index (χ0v) is 18.4. The molecule has 1 fully saturated rings. The molecule has 1 aromatic carbocycles. The molecule has 1 N–H and O–H groups in total. The van der Waals surface area contributed by atoms with E-state index in [1.807, 2.05) is 54.4 Å². The number of ether oxygens (including phenoxy) is 1. The topological polar surface area (TPSA) is 83.5 Å². The van der Waals surface area contributed by atoms with Gasteiger partial charge in [0.1, 0.15) is 17.4 Å². The number of nitrogens with zero attached hydrogens (tertiary/aromatic N) is 5. The summed E-state index contributed by atoms with van der Waals surface area (Å²) in [5.74, 6) is 2.29. The fourth-order valence-corrected chi connectivity index (χ4v) is 3.96. The first kappa shape index (κ1) is 21.5. The molecule has 3 aromatic rings. The van der Waals surface area contributed by atoms with Crippen LogP contribution in [0.1, 0.15) is 31.0 Å². The lowest BCUT2D eigenvalue weighted by atomic mass is 10.1. The molecule has 0 spiro atoms. The molecule has 3 heterocycles. The van der Waals surface area contributed by atoms with Gasteiger partial charge in [0.2, 0.25) is 5.91 Å². The van der Waals surface area contributed by atoms with Crippen LogP contribution < -0.4 is 15.0 Å². The average molecular weight is 433 g/mol. The maximum atomic E-state index is 13.1. The second-order valence-corrected chi connectivity index (χ2v) is 7.78. The number of likely N-dealkylation sites (tertiary alicyclic amines) is 1. The molecule has 0 saturated carbocycles. The minimum absolute atomic E-state index is 0.00627. The third kappa shape index (κ3) is 5.14. The molecule has 0 bridgehead atoms. The largest absolute Gasteiger partial charge is 0.497 e. The van der Waals surface area contributed by atoms with Gasteiger partial charge in [-0.05, 0) is 37.1 Å². The number of pyridine rings is 1. The zero-order chi connectivity index (χ0) is 22.3. The highest BCUT2D eigenvalue weighted by molar-refractivity contribution is 5.77. The average Bonchev–Trinajstić information content (AvgIpc) is 3.33. The Morgan fingerprint density at radius 3 is 2.91 bits per heavy atom. The number of anilines is 3. The molecule has 8 heteroatoms. The van der Waals surface area contributed by atoms with E-state index in [1.54, 1.807) is 25.7 Å². The number of aromatic nitrogens is 3. The standard InChI is InChI=1S/C24H28N6O2/c1-29(18-6-3-7-19(16-18)32-2)15-11-24(31)30-14-5-9-21(30)20-8-4-10-22(27-20)28-23-17-25-12-13-26-23/h3-4,6-8,10,12-13,16-17,21H,5,9,11,14-15H2,1-2H3,(H,26,27,28)/t21-/m1/s1. The summed E-state index contributed by atoms with van der Waals surface area (Å²) in [4.78, 5) is 30.2. The van der Waals surface area contributed by atoms with Crippen molar-refractivity contribution in [1.82, 2.24) is 19.9 Å². The van der Waals surface area contributed by atoms with Crippen LogP contribution in [0.5, 0.6) is 5.75 Å². The lowest BCUT2D eigenvalue weighted by Crippen LogP contribution is -2.33. The van der Waals surface area contributed by atoms with Crippen molar-refractivity contribution in [2.75, 3.05) is 37.5 Å². The van der Waals surface area contributed by atoms with E-state index in [-0.39, 0.29) is 11.9 Å². The highest BCUT2D eigenvalue weighted by Crippen LogP contribution is 2.32. The van der Waals surface area contributed by atoms with Crippen LogP contribution in [0.3, 0.4) is 0 Å². The van der Waals surface area contributed by atoms with Crippen LogP contribution in [0.25, 0.3) is 0 Å². The number of amides is 1. The van der Waals surface area contributed by atoms with Crippen molar-refractivity contribution in [3.05, 3.63) is 66.7 Å². The minimum Gasteiger partial charge on any atom is -0.497 e. The summed E-state index contributed by atoms with van der Waals surface area (Å²) in [5.41, 5.74) is 1.92. The molecule has 32 heavy (non-hydrogen) atoms. The van der Waals surface area contributed by atoms with E-state index in [0.29, 0.717) is 24.6 Å². The van der Waals surface area contributed by atoms with Crippen LogP contribution in [0, 0.1) is 0 Å². The first-order valence-electron chi connectivity index (χ1n) is 10.8. The highest BCUT2D eigenvalue weighted by Gasteiger charge is 2.30. The molecule has 166 valence electrons. The Morgan fingerprint density at radius 1 is 1.22 bits per heavy atom. The van der Waals surface area contributed by atoms with Gasteiger partial charge in [0.25, 0.3) is 0 Å². The molecule has 4 rings (SSSR count). The number of nitrogens with one attached hydrogen (secondary N) is 1. The van der Waals surface area contributed by atoms with Crippen LogP contribution in [-0.4, -0.2) is 53.0 Å². The lowest BCUT2D eigenvalue weighted by molar-refractivity contribution is -0.132. The van der Waals surface area contributed by atoms with Crippen molar-refractivity contribution in [3.63, 3.8) is 0 Å². The quantitative estimate of drug-likeness (QED) is 0.579. The van der Waals surface area contributed by atoms with Gasteiger partial charge in [-0.15, -0.1) is 0 Å². The maximum absolute atomic E-state index is 13.1. The molecule has 0 unspecified atom stereocenters. The number of hydrogen-bond donors (Lipinski definition) is 1. The third-order valence-electron chi connectivity index (χ3n) is 5.66. The molecular formula is C24H28N6O2. The first-order chi connectivity index (χ1) is 15.6. The van der Waals surface area contributed by atoms with Gasteiger partial charge in [-0.25, -0.2) is 9.97 Å². The van der Waals surface area contributed by atoms with Crippen LogP contribution >= 0.6 is 0 Å². The Hall–Kier alpha value is -3.68. The normalized spacial score (nSPS) is 15.4. The number of benzene rings is 1. The van der Waals surface area contributed by atoms with Crippen LogP contribution in [0.4, 0.5) is 17.3 Å². The molecule has 8 nitrogen and oxygen atoms in total. The van der Waals surface area contributed by atoms with E-state index in [4.69, 9.17) is 9.72 Å². The molecule has 2 aromatic heterocycles. The summed E-state index contributed by atoms with van der Waals surface area (Å²) in [6.07, 6.45) is 7.25. The second-order valence-electron chi connectivity index (χ2n) is 7.78. The Kier molecular flexibility index (Phi) is 6.79. The minimum atomic E-state index is -0.00627. The summed E-state index contributed by atoms with van der Waals surface area (Å²) in [6, 6.07) is 13.7.